The van der Waals surface area contributed by atoms with Gasteiger partial charge in [0.1, 0.15) is 5.75 Å². The molecule has 0 saturated heterocycles. The molecule has 0 spiro atoms. The van der Waals surface area contributed by atoms with Gasteiger partial charge in [0.15, 0.2) is 0 Å². The van der Waals surface area contributed by atoms with Gasteiger partial charge in [0, 0.05) is 38.4 Å². The van der Waals surface area contributed by atoms with Crippen LogP contribution in [0.15, 0.2) is 42.7 Å². The molecule has 3 rings (SSSR count). The lowest BCUT2D eigenvalue weighted by Crippen LogP contribution is -2.39. The van der Waals surface area contributed by atoms with Gasteiger partial charge in [-0.15, -0.1) is 0 Å². The molecule has 5 nitrogen and oxygen atoms in total. The van der Waals surface area contributed by atoms with Crippen molar-refractivity contribution in [3.63, 3.8) is 0 Å². The van der Waals surface area contributed by atoms with E-state index in [1.54, 1.807) is 24.4 Å². The van der Waals surface area contributed by atoms with Crippen LogP contribution >= 0.6 is 0 Å². The number of fused-ring (bicyclic) bond motifs is 1. The van der Waals surface area contributed by atoms with Gasteiger partial charge in [-0.2, -0.15) is 0 Å². The summed E-state index contributed by atoms with van der Waals surface area (Å²) >= 11 is 0. The van der Waals surface area contributed by atoms with Gasteiger partial charge < -0.3 is 15.0 Å². The summed E-state index contributed by atoms with van der Waals surface area (Å²) in [7, 11) is 3.50. The van der Waals surface area contributed by atoms with E-state index in [1.807, 2.05) is 25.2 Å². The average Bonchev–Trinajstić information content (AvgIpc) is 2.66. The molecule has 0 radical (unpaired) electrons. The summed E-state index contributed by atoms with van der Waals surface area (Å²) < 4.78 is 5.32. The predicted octanol–water partition coefficient (Wildman–Crippen LogP) is 3.35. The number of carbonyl (C=O) groups excluding carboxylic acids is 1. The molecule has 0 unspecified atom stereocenters. The molecule has 5 heteroatoms. The van der Waals surface area contributed by atoms with Gasteiger partial charge in [-0.05, 0) is 54.2 Å². The van der Waals surface area contributed by atoms with E-state index < -0.39 is 0 Å². The molecule has 1 atom stereocenters. The number of nitrogens with zero attached hydrogens (tertiary/aromatic N) is 2. The number of ether oxygens (including phenoxy) is 1. The molecule has 2 aromatic rings. The van der Waals surface area contributed by atoms with Crippen LogP contribution in [0.5, 0.6) is 5.75 Å². The lowest BCUT2D eigenvalue weighted by atomic mass is 9.82. The van der Waals surface area contributed by atoms with E-state index in [0.29, 0.717) is 19.0 Å². The van der Waals surface area contributed by atoms with Gasteiger partial charge in [-0.3, -0.25) is 4.98 Å². The summed E-state index contributed by atoms with van der Waals surface area (Å²) in [5, 5.41) is 3.08. The summed E-state index contributed by atoms with van der Waals surface area (Å²) in [6.07, 6.45) is 6.85. The highest BCUT2D eigenvalue weighted by Gasteiger charge is 2.21. The summed E-state index contributed by atoms with van der Waals surface area (Å²) in [5.74, 6) is 1.27. The molecule has 0 aliphatic heterocycles. The maximum Gasteiger partial charge on any atom is 0.317 e. The van der Waals surface area contributed by atoms with Crippen LogP contribution in [-0.2, 0) is 13.0 Å². The van der Waals surface area contributed by atoms with Crippen molar-refractivity contribution in [3.8, 4) is 5.75 Å². The van der Waals surface area contributed by atoms with Gasteiger partial charge in [-0.1, -0.05) is 12.1 Å². The molecule has 1 heterocycles. The molecular weight excluding hydrogens is 314 g/mol. The third-order valence-corrected chi connectivity index (χ3v) is 4.78. The van der Waals surface area contributed by atoms with Crippen molar-refractivity contribution in [2.24, 2.45) is 0 Å². The van der Waals surface area contributed by atoms with Crippen LogP contribution in [0.3, 0.4) is 0 Å². The van der Waals surface area contributed by atoms with E-state index in [4.69, 9.17) is 4.74 Å². The fourth-order valence-electron chi connectivity index (χ4n) is 3.41. The van der Waals surface area contributed by atoms with E-state index in [1.165, 1.54) is 11.1 Å². The first-order chi connectivity index (χ1) is 12.2. The molecule has 1 aromatic carbocycles. The van der Waals surface area contributed by atoms with E-state index in [9.17, 15) is 4.79 Å². The third kappa shape index (κ3) is 4.29. The quantitative estimate of drug-likeness (QED) is 0.909. The largest absolute Gasteiger partial charge is 0.497 e. The monoisotopic (exact) mass is 339 g/mol. The molecular formula is C20H25N3O2. The molecule has 132 valence electrons. The lowest BCUT2D eigenvalue weighted by Gasteiger charge is -2.27. The zero-order valence-electron chi connectivity index (χ0n) is 14.9. The van der Waals surface area contributed by atoms with Crippen molar-refractivity contribution in [3.05, 3.63) is 59.4 Å². The molecule has 2 amide bonds. The Balaban J connectivity index is 1.58. The molecule has 25 heavy (non-hydrogen) atoms. The highest BCUT2D eigenvalue weighted by atomic mass is 16.5. The number of carbonyl (C=O) groups is 1. The van der Waals surface area contributed by atoms with Crippen molar-refractivity contribution in [1.82, 2.24) is 15.2 Å². The Hall–Kier alpha value is -2.56. The van der Waals surface area contributed by atoms with Crippen LogP contribution in [0.1, 0.15) is 35.4 Å². The Bertz CT molecular complexity index is 718. The summed E-state index contributed by atoms with van der Waals surface area (Å²) in [4.78, 5) is 18.2. The highest BCUT2D eigenvalue weighted by molar-refractivity contribution is 5.73. The Labute approximate surface area is 149 Å². The smallest absolute Gasteiger partial charge is 0.317 e. The number of hydrogen-bond donors (Lipinski definition) is 1. The first-order valence-electron chi connectivity index (χ1n) is 8.72. The number of rotatable bonds is 5. The van der Waals surface area contributed by atoms with Crippen molar-refractivity contribution in [1.29, 1.82) is 0 Å². The van der Waals surface area contributed by atoms with Crippen LogP contribution in [0, 0.1) is 0 Å². The normalized spacial score (nSPS) is 16.0. The van der Waals surface area contributed by atoms with Crippen LogP contribution in [-0.4, -0.2) is 36.6 Å². The first kappa shape index (κ1) is 17.3. The van der Waals surface area contributed by atoms with Crippen molar-refractivity contribution < 1.29 is 9.53 Å². The molecule has 1 N–H and O–H groups in total. The Morgan fingerprint density at radius 2 is 2.28 bits per heavy atom. The predicted molar refractivity (Wildman–Crippen MR) is 97.8 cm³/mol. The zero-order valence-corrected chi connectivity index (χ0v) is 14.9. The molecule has 0 fully saturated rings. The minimum absolute atomic E-state index is 0.0514. The second kappa shape index (κ2) is 8.01. The number of methoxy groups -OCH3 is 1. The number of nitrogens with one attached hydrogen (secondary N) is 1. The third-order valence-electron chi connectivity index (χ3n) is 4.78. The van der Waals surface area contributed by atoms with Crippen LogP contribution in [0.2, 0.25) is 0 Å². The minimum Gasteiger partial charge on any atom is -0.497 e. The first-order valence-corrected chi connectivity index (χ1v) is 8.72. The van der Waals surface area contributed by atoms with Gasteiger partial charge in [0.2, 0.25) is 0 Å². The van der Waals surface area contributed by atoms with Gasteiger partial charge in [0.25, 0.3) is 0 Å². The van der Waals surface area contributed by atoms with Gasteiger partial charge >= 0.3 is 6.03 Å². The number of amides is 2. The van der Waals surface area contributed by atoms with E-state index in [0.717, 1.165) is 30.6 Å². The van der Waals surface area contributed by atoms with Crippen LogP contribution in [0.4, 0.5) is 4.79 Å². The number of aromatic nitrogens is 1. The fraction of sp³-hybridized carbons (Fsp3) is 0.400. The molecule has 1 aromatic heterocycles. The van der Waals surface area contributed by atoms with Crippen molar-refractivity contribution in [2.75, 3.05) is 20.7 Å². The summed E-state index contributed by atoms with van der Waals surface area (Å²) in [6, 6.07) is 10.1. The second-order valence-electron chi connectivity index (χ2n) is 6.56. The van der Waals surface area contributed by atoms with Crippen molar-refractivity contribution in [2.45, 2.75) is 31.7 Å². The fourth-order valence-corrected chi connectivity index (χ4v) is 3.41. The lowest BCUT2D eigenvalue weighted by molar-refractivity contribution is 0.206. The molecule has 0 bridgehead atoms. The highest BCUT2D eigenvalue weighted by Crippen LogP contribution is 2.33. The topological polar surface area (TPSA) is 54.5 Å². The van der Waals surface area contributed by atoms with E-state index >= 15 is 0 Å². The summed E-state index contributed by atoms with van der Waals surface area (Å²) in [5.41, 5.74) is 3.70. The Kier molecular flexibility index (Phi) is 5.53. The number of pyridine rings is 1. The van der Waals surface area contributed by atoms with Gasteiger partial charge in [-0.25, -0.2) is 4.79 Å². The van der Waals surface area contributed by atoms with E-state index in [2.05, 4.69) is 22.4 Å². The molecule has 0 saturated carbocycles. The second-order valence-corrected chi connectivity index (χ2v) is 6.56. The number of hydrogen-bond acceptors (Lipinski definition) is 3. The maximum atomic E-state index is 12.4. The SMILES string of the molecule is COc1ccc2c(c1)CCC[C@H]2CNC(=O)N(C)Cc1cccnc1. The number of urea groups is 1. The Morgan fingerprint density at radius 3 is 3.04 bits per heavy atom. The minimum atomic E-state index is -0.0514. The van der Waals surface area contributed by atoms with Crippen LogP contribution in [0.25, 0.3) is 0 Å². The van der Waals surface area contributed by atoms with E-state index in [-0.39, 0.29) is 6.03 Å². The van der Waals surface area contributed by atoms with Gasteiger partial charge in [0.05, 0.1) is 7.11 Å². The average molecular weight is 339 g/mol. The maximum absolute atomic E-state index is 12.4. The Morgan fingerprint density at radius 1 is 1.40 bits per heavy atom. The zero-order chi connectivity index (χ0) is 17.6. The molecule has 1 aliphatic carbocycles. The number of aryl methyl sites for hydroxylation is 1. The summed E-state index contributed by atoms with van der Waals surface area (Å²) in [6.45, 7) is 1.22. The molecule has 1 aliphatic rings. The standard InChI is InChI=1S/C20H25N3O2/c1-23(14-15-5-4-10-21-12-15)20(24)22-13-17-7-3-6-16-11-18(25-2)8-9-19(16)17/h4-5,8-12,17H,3,6-7,13-14H2,1-2H3,(H,22,24)/t17-/m0/s1. The van der Waals surface area contributed by atoms with Crippen molar-refractivity contribution >= 4 is 6.03 Å². The number of benzene rings is 1. The van der Waals surface area contributed by atoms with Crippen LogP contribution < -0.4 is 10.1 Å².